The molecule has 0 bridgehead atoms. The molecule has 1 heterocycles. The lowest BCUT2D eigenvalue weighted by atomic mass is 10.3. The summed E-state index contributed by atoms with van der Waals surface area (Å²) < 4.78 is 10.8. The van der Waals surface area contributed by atoms with Crippen LogP contribution in [0.5, 0.6) is 0 Å². The molecule has 1 rings (SSSR count). The first-order chi connectivity index (χ1) is 7.63. The van der Waals surface area contributed by atoms with Crippen LogP contribution < -0.4 is 16.6 Å². The van der Waals surface area contributed by atoms with Gasteiger partial charge in [0, 0.05) is 29.4 Å². The standard InChI is InChI=1S/C8H13N5O2S/c1-16(15)5-4-10-8(14)6-2-3-7(11-9)13-12-6/h2-3H,4-5,9H2,1H3,(H,10,14)(H,11,13). The molecule has 0 radical (unpaired) electrons. The summed E-state index contributed by atoms with van der Waals surface area (Å²) in [5.41, 5.74) is 2.50. The molecule has 1 atom stereocenters. The van der Waals surface area contributed by atoms with Gasteiger partial charge in [0.15, 0.2) is 11.5 Å². The lowest BCUT2D eigenvalue weighted by Crippen LogP contribution is -2.28. The zero-order chi connectivity index (χ0) is 12.0. The Bertz CT molecular complexity index is 381. The highest BCUT2D eigenvalue weighted by molar-refractivity contribution is 7.84. The predicted molar refractivity (Wildman–Crippen MR) is 61.1 cm³/mol. The molecule has 1 aromatic heterocycles. The Kier molecular flexibility index (Phi) is 4.80. The Morgan fingerprint density at radius 1 is 1.50 bits per heavy atom. The molecule has 0 aliphatic rings. The van der Waals surface area contributed by atoms with Crippen LogP contribution in [0.2, 0.25) is 0 Å². The van der Waals surface area contributed by atoms with Crippen molar-refractivity contribution in [2.75, 3.05) is 24.0 Å². The normalized spacial score (nSPS) is 11.9. The van der Waals surface area contributed by atoms with Gasteiger partial charge in [0.05, 0.1) is 0 Å². The minimum Gasteiger partial charge on any atom is -0.350 e. The number of nitrogens with zero attached hydrogens (tertiary/aromatic N) is 2. The quantitative estimate of drug-likeness (QED) is 0.446. The number of nitrogens with two attached hydrogens (primary N) is 1. The molecule has 7 nitrogen and oxygen atoms in total. The number of carbonyl (C=O) groups is 1. The summed E-state index contributed by atoms with van der Waals surface area (Å²) >= 11 is 0. The number of rotatable bonds is 5. The van der Waals surface area contributed by atoms with Gasteiger partial charge in [-0.1, -0.05) is 0 Å². The summed E-state index contributed by atoms with van der Waals surface area (Å²) in [6.45, 7) is 0.348. The molecular formula is C8H13N5O2S. The maximum atomic E-state index is 11.5. The van der Waals surface area contributed by atoms with E-state index in [1.54, 1.807) is 12.3 Å². The van der Waals surface area contributed by atoms with Gasteiger partial charge in [-0.3, -0.25) is 9.00 Å². The number of hydrogen-bond acceptors (Lipinski definition) is 6. The number of aromatic nitrogens is 2. The van der Waals surface area contributed by atoms with Gasteiger partial charge in [-0.05, 0) is 12.1 Å². The van der Waals surface area contributed by atoms with E-state index >= 15 is 0 Å². The van der Waals surface area contributed by atoms with E-state index in [0.717, 1.165) is 0 Å². The third-order valence-corrected chi connectivity index (χ3v) is 2.50. The van der Waals surface area contributed by atoms with Crippen LogP contribution in [-0.2, 0) is 10.8 Å². The fraction of sp³-hybridized carbons (Fsp3) is 0.375. The van der Waals surface area contributed by atoms with E-state index in [0.29, 0.717) is 18.1 Å². The van der Waals surface area contributed by atoms with E-state index in [2.05, 4.69) is 20.9 Å². The summed E-state index contributed by atoms with van der Waals surface area (Å²) in [4.78, 5) is 11.5. The molecule has 0 aromatic carbocycles. The first-order valence-corrected chi connectivity index (χ1v) is 6.25. The van der Waals surface area contributed by atoms with Crippen molar-refractivity contribution in [3.8, 4) is 0 Å². The van der Waals surface area contributed by atoms with E-state index in [4.69, 9.17) is 5.84 Å². The zero-order valence-electron chi connectivity index (χ0n) is 8.77. The maximum Gasteiger partial charge on any atom is 0.271 e. The fourth-order valence-corrected chi connectivity index (χ4v) is 1.32. The topological polar surface area (TPSA) is 110 Å². The van der Waals surface area contributed by atoms with Gasteiger partial charge in [-0.25, -0.2) is 5.84 Å². The summed E-state index contributed by atoms with van der Waals surface area (Å²) in [5.74, 6) is 5.56. The minimum absolute atomic E-state index is 0.195. The Morgan fingerprint density at radius 3 is 2.75 bits per heavy atom. The zero-order valence-corrected chi connectivity index (χ0v) is 9.58. The molecule has 0 saturated heterocycles. The number of nitrogen functional groups attached to an aromatic ring is 1. The molecule has 4 N–H and O–H groups in total. The van der Waals surface area contributed by atoms with Crippen LogP contribution in [0.15, 0.2) is 12.1 Å². The highest BCUT2D eigenvalue weighted by Gasteiger charge is 2.07. The third kappa shape index (κ3) is 3.91. The van der Waals surface area contributed by atoms with Gasteiger partial charge in [0.25, 0.3) is 5.91 Å². The summed E-state index contributed by atoms with van der Waals surface area (Å²) in [6, 6.07) is 3.04. The average molecular weight is 243 g/mol. The highest BCUT2D eigenvalue weighted by atomic mass is 32.2. The van der Waals surface area contributed by atoms with E-state index in [9.17, 15) is 9.00 Å². The van der Waals surface area contributed by atoms with Crippen LogP contribution in [0.4, 0.5) is 5.82 Å². The molecule has 0 spiro atoms. The second-order valence-electron chi connectivity index (χ2n) is 2.98. The molecule has 0 saturated carbocycles. The van der Waals surface area contributed by atoms with Gasteiger partial charge < -0.3 is 10.7 Å². The molecule has 16 heavy (non-hydrogen) atoms. The van der Waals surface area contributed by atoms with Gasteiger partial charge in [0.2, 0.25) is 0 Å². The second kappa shape index (κ2) is 6.13. The summed E-state index contributed by atoms with van der Waals surface area (Å²) in [6.07, 6.45) is 1.58. The lowest BCUT2D eigenvalue weighted by molar-refractivity contribution is 0.0950. The Morgan fingerprint density at radius 2 is 2.25 bits per heavy atom. The minimum atomic E-state index is -0.921. The van der Waals surface area contributed by atoms with Crippen LogP contribution in [0.1, 0.15) is 10.5 Å². The van der Waals surface area contributed by atoms with Crippen LogP contribution >= 0.6 is 0 Å². The highest BCUT2D eigenvalue weighted by Crippen LogP contribution is 1.99. The first kappa shape index (κ1) is 12.5. The molecule has 1 aromatic rings. The monoisotopic (exact) mass is 243 g/mol. The number of anilines is 1. The number of nitrogens with one attached hydrogen (secondary N) is 2. The summed E-state index contributed by atoms with van der Waals surface area (Å²) in [5, 5.41) is 9.90. The first-order valence-electron chi connectivity index (χ1n) is 4.52. The molecule has 8 heteroatoms. The van der Waals surface area contributed by atoms with Crippen molar-refractivity contribution in [2.24, 2.45) is 5.84 Å². The second-order valence-corrected chi connectivity index (χ2v) is 4.54. The molecule has 0 aliphatic carbocycles. The molecule has 0 aliphatic heterocycles. The molecule has 88 valence electrons. The van der Waals surface area contributed by atoms with Crippen LogP contribution in [0.3, 0.4) is 0 Å². The van der Waals surface area contributed by atoms with Crippen molar-refractivity contribution in [2.45, 2.75) is 0 Å². The van der Waals surface area contributed by atoms with E-state index in [1.807, 2.05) is 0 Å². The van der Waals surface area contributed by atoms with Gasteiger partial charge in [-0.2, -0.15) is 0 Å². The lowest BCUT2D eigenvalue weighted by Gasteiger charge is -2.03. The van der Waals surface area contributed by atoms with Crippen LogP contribution in [0, 0.1) is 0 Å². The number of carbonyl (C=O) groups excluding carboxylic acids is 1. The number of hydrazine groups is 1. The van der Waals surface area contributed by atoms with Crippen molar-refractivity contribution in [1.82, 2.24) is 15.5 Å². The van der Waals surface area contributed by atoms with Crippen LogP contribution in [-0.4, -0.2) is 38.9 Å². The van der Waals surface area contributed by atoms with Crippen molar-refractivity contribution in [3.05, 3.63) is 17.8 Å². The maximum absolute atomic E-state index is 11.5. The largest absolute Gasteiger partial charge is 0.350 e. The third-order valence-electron chi connectivity index (χ3n) is 1.72. The van der Waals surface area contributed by atoms with Crippen molar-refractivity contribution in [1.29, 1.82) is 0 Å². The van der Waals surface area contributed by atoms with Crippen molar-refractivity contribution in [3.63, 3.8) is 0 Å². The smallest absolute Gasteiger partial charge is 0.271 e. The van der Waals surface area contributed by atoms with Gasteiger partial charge in [-0.15, -0.1) is 10.2 Å². The predicted octanol–water partition coefficient (Wildman–Crippen LogP) is -1.13. The Labute approximate surface area is 95.2 Å². The van der Waals surface area contributed by atoms with E-state index < -0.39 is 10.8 Å². The number of hydrogen-bond donors (Lipinski definition) is 3. The molecule has 1 amide bonds. The summed E-state index contributed by atoms with van der Waals surface area (Å²) in [7, 11) is -0.921. The SMILES string of the molecule is CS(=O)CCNC(=O)c1ccc(NN)nn1. The van der Waals surface area contributed by atoms with E-state index in [1.165, 1.54) is 6.07 Å². The molecule has 0 fully saturated rings. The van der Waals surface area contributed by atoms with Crippen LogP contribution in [0.25, 0.3) is 0 Å². The Balaban J connectivity index is 2.49. The number of amides is 1. The van der Waals surface area contributed by atoms with Gasteiger partial charge in [0.1, 0.15) is 0 Å². The fourth-order valence-electron chi connectivity index (χ4n) is 0.929. The molecular weight excluding hydrogens is 230 g/mol. The van der Waals surface area contributed by atoms with Gasteiger partial charge >= 0.3 is 0 Å². The Hall–Kier alpha value is -1.54. The average Bonchev–Trinajstić information content (AvgIpc) is 2.28. The van der Waals surface area contributed by atoms with E-state index in [-0.39, 0.29) is 11.6 Å². The molecule has 1 unspecified atom stereocenters. The van der Waals surface area contributed by atoms with Crippen molar-refractivity contribution >= 4 is 22.5 Å². The van der Waals surface area contributed by atoms with Crippen molar-refractivity contribution < 1.29 is 9.00 Å².